The van der Waals surface area contributed by atoms with Crippen LogP contribution < -0.4 is 9.64 Å². The average molecular weight is 527 g/mol. The maximum Gasteiger partial charge on any atom is 0.312 e. The van der Waals surface area contributed by atoms with E-state index in [0.29, 0.717) is 43.7 Å². The van der Waals surface area contributed by atoms with Crippen molar-refractivity contribution >= 4 is 23.5 Å². The Morgan fingerprint density at radius 1 is 1.18 bits per heavy atom. The first-order valence-electron chi connectivity index (χ1n) is 13.4. The highest BCUT2D eigenvalue weighted by Crippen LogP contribution is 2.59. The van der Waals surface area contributed by atoms with Gasteiger partial charge in [-0.25, -0.2) is 0 Å². The number of likely N-dealkylation sites (tertiary alicyclic amines) is 1. The molecular formula is C29H38N2O7. The maximum atomic E-state index is 14.4. The van der Waals surface area contributed by atoms with Crippen LogP contribution in [0.2, 0.25) is 0 Å². The lowest BCUT2D eigenvalue weighted by molar-refractivity contribution is -0.154. The molecule has 5 atom stereocenters. The molecule has 0 aromatic heterocycles. The van der Waals surface area contributed by atoms with E-state index in [4.69, 9.17) is 19.3 Å². The molecule has 3 aliphatic heterocycles. The lowest BCUT2D eigenvalue weighted by Gasteiger charge is -2.36. The highest BCUT2D eigenvalue weighted by Gasteiger charge is 2.75. The first kappa shape index (κ1) is 27.9. The van der Waals surface area contributed by atoms with Gasteiger partial charge in [0.25, 0.3) is 5.91 Å². The van der Waals surface area contributed by atoms with Gasteiger partial charge in [-0.2, -0.15) is 0 Å². The quantitative estimate of drug-likeness (QED) is 0.226. The first-order valence-corrected chi connectivity index (χ1v) is 13.4. The van der Waals surface area contributed by atoms with E-state index < -0.39 is 35.6 Å². The number of carbonyl (C=O) groups excluding carboxylic acids is 3. The molecule has 1 aromatic carbocycles. The van der Waals surface area contributed by atoms with E-state index in [9.17, 15) is 14.4 Å². The molecule has 1 aromatic rings. The number of carbonyl (C=O) groups is 3. The van der Waals surface area contributed by atoms with E-state index in [2.05, 4.69) is 13.2 Å². The minimum atomic E-state index is -1.09. The second-order valence-corrected chi connectivity index (χ2v) is 10.1. The number of rotatable bonds is 14. The molecule has 3 aliphatic rings. The normalized spacial score (nSPS) is 27.2. The highest BCUT2D eigenvalue weighted by molar-refractivity contribution is 6.04. The van der Waals surface area contributed by atoms with Gasteiger partial charge in [0.15, 0.2) is 0 Å². The van der Waals surface area contributed by atoms with E-state index in [-0.39, 0.29) is 31.6 Å². The molecule has 1 N–H and O–H groups in total. The van der Waals surface area contributed by atoms with Crippen molar-refractivity contribution in [2.45, 2.75) is 56.3 Å². The zero-order chi connectivity index (χ0) is 27.3. The van der Waals surface area contributed by atoms with Crippen molar-refractivity contribution in [1.82, 2.24) is 4.90 Å². The minimum absolute atomic E-state index is 0.0531. The van der Waals surface area contributed by atoms with Crippen molar-refractivity contribution in [3.8, 4) is 5.75 Å². The standard InChI is InChI=1S/C29H38N2O7/c1-4-16-30(20-10-12-21(36-3)13-11-20)27(34)25-29-15-14-22(38-29)23(28(35)37-19-5-2)24(29)26(33)31(25)17-8-6-7-9-18-32/h4-5,10-13,22-25,32H,1-2,6-9,14-19H2,3H3/t22-,23+,24-,25?,29?/m0/s1. The van der Waals surface area contributed by atoms with Crippen LogP contribution >= 0.6 is 0 Å². The molecule has 2 unspecified atom stereocenters. The van der Waals surface area contributed by atoms with Crippen LogP contribution in [-0.2, 0) is 23.9 Å². The van der Waals surface area contributed by atoms with Crippen LogP contribution in [0.4, 0.5) is 5.69 Å². The fourth-order valence-electron chi connectivity index (χ4n) is 6.29. The Morgan fingerprint density at radius 2 is 1.92 bits per heavy atom. The number of hydrogen-bond donors (Lipinski definition) is 1. The second-order valence-electron chi connectivity index (χ2n) is 10.1. The third-order valence-corrected chi connectivity index (χ3v) is 7.92. The number of amides is 2. The molecular weight excluding hydrogens is 488 g/mol. The highest BCUT2D eigenvalue weighted by atomic mass is 16.6. The Morgan fingerprint density at radius 3 is 2.58 bits per heavy atom. The third-order valence-electron chi connectivity index (χ3n) is 7.92. The fourth-order valence-corrected chi connectivity index (χ4v) is 6.29. The number of methoxy groups -OCH3 is 1. The SMILES string of the molecule is C=CCOC(=O)[C@@H]1[C@@H]2CCC3(O2)C(C(=O)N(CC=C)c2ccc(OC)cc2)N(CCCCCCO)C(=O)[C@H]13. The van der Waals surface area contributed by atoms with Gasteiger partial charge in [0.2, 0.25) is 5.91 Å². The number of hydrogen-bond acceptors (Lipinski definition) is 7. The smallest absolute Gasteiger partial charge is 0.312 e. The monoisotopic (exact) mass is 526 g/mol. The van der Waals surface area contributed by atoms with Crippen molar-refractivity contribution in [2.75, 3.05) is 38.3 Å². The van der Waals surface area contributed by atoms with Gasteiger partial charge in [-0.1, -0.05) is 31.6 Å². The topological polar surface area (TPSA) is 106 Å². The number of benzene rings is 1. The summed E-state index contributed by atoms with van der Waals surface area (Å²) in [6.45, 7) is 8.22. The second kappa shape index (κ2) is 12.1. The molecule has 206 valence electrons. The number of nitrogens with zero attached hydrogens (tertiary/aromatic N) is 2. The van der Waals surface area contributed by atoms with E-state index in [0.717, 1.165) is 12.8 Å². The summed E-state index contributed by atoms with van der Waals surface area (Å²) < 4.78 is 17.1. The van der Waals surface area contributed by atoms with Gasteiger partial charge in [-0.3, -0.25) is 14.4 Å². The van der Waals surface area contributed by atoms with Crippen molar-refractivity contribution < 1.29 is 33.7 Å². The summed E-state index contributed by atoms with van der Waals surface area (Å²) >= 11 is 0. The molecule has 0 saturated carbocycles. The fraction of sp³-hybridized carbons (Fsp3) is 0.552. The van der Waals surface area contributed by atoms with Gasteiger partial charge in [-0.05, 0) is 49.9 Å². The van der Waals surface area contributed by atoms with Gasteiger partial charge in [-0.15, -0.1) is 6.58 Å². The van der Waals surface area contributed by atoms with Gasteiger partial charge in [0.1, 0.15) is 24.0 Å². The van der Waals surface area contributed by atoms with E-state index in [1.807, 2.05) is 0 Å². The Hall–Kier alpha value is -3.17. The molecule has 3 heterocycles. The Balaban J connectivity index is 1.68. The Bertz CT molecular complexity index is 1040. The zero-order valence-electron chi connectivity index (χ0n) is 22.0. The summed E-state index contributed by atoms with van der Waals surface area (Å²) in [5.74, 6) is -1.84. The molecule has 3 fully saturated rings. The van der Waals surface area contributed by atoms with Crippen molar-refractivity contribution in [3.63, 3.8) is 0 Å². The summed E-state index contributed by atoms with van der Waals surface area (Å²) in [6.07, 6.45) is 6.78. The molecule has 0 radical (unpaired) electrons. The third kappa shape index (κ3) is 4.97. The zero-order valence-corrected chi connectivity index (χ0v) is 22.0. The van der Waals surface area contributed by atoms with Crippen molar-refractivity contribution in [3.05, 3.63) is 49.6 Å². The number of ether oxygens (including phenoxy) is 3. The molecule has 38 heavy (non-hydrogen) atoms. The minimum Gasteiger partial charge on any atom is -0.497 e. The average Bonchev–Trinajstić information content (AvgIpc) is 3.57. The van der Waals surface area contributed by atoms with E-state index in [1.54, 1.807) is 47.3 Å². The Labute approximate surface area is 224 Å². The van der Waals surface area contributed by atoms with Crippen LogP contribution in [-0.4, -0.2) is 79.0 Å². The van der Waals surface area contributed by atoms with Crippen LogP contribution in [0.1, 0.15) is 38.5 Å². The number of aliphatic hydroxyl groups excluding tert-OH is 1. The summed E-state index contributed by atoms with van der Waals surface area (Å²) in [5.41, 5.74) is -0.436. The van der Waals surface area contributed by atoms with Crippen LogP contribution in [0.3, 0.4) is 0 Å². The predicted octanol–water partition coefficient (Wildman–Crippen LogP) is 2.87. The van der Waals surface area contributed by atoms with Crippen LogP contribution in [0.5, 0.6) is 5.75 Å². The van der Waals surface area contributed by atoms with Crippen molar-refractivity contribution in [2.24, 2.45) is 11.8 Å². The van der Waals surface area contributed by atoms with Gasteiger partial charge < -0.3 is 29.1 Å². The molecule has 9 nitrogen and oxygen atoms in total. The van der Waals surface area contributed by atoms with Crippen molar-refractivity contribution in [1.29, 1.82) is 0 Å². The number of fused-ring (bicyclic) bond motifs is 1. The number of esters is 1. The molecule has 4 rings (SSSR count). The summed E-state index contributed by atoms with van der Waals surface area (Å²) in [7, 11) is 1.58. The molecule has 1 spiro atoms. The largest absolute Gasteiger partial charge is 0.497 e. The molecule has 3 saturated heterocycles. The summed E-state index contributed by atoms with van der Waals surface area (Å²) in [4.78, 5) is 44.6. The van der Waals surface area contributed by atoms with E-state index >= 15 is 0 Å². The summed E-state index contributed by atoms with van der Waals surface area (Å²) in [5, 5.41) is 9.11. The molecule has 2 bridgehead atoms. The Kier molecular flexibility index (Phi) is 8.89. The number of anilines is 1. The molecule has 2 amide bonds. The van der Waals surface area contributed by atoms with Gasteiger partial charge in [0, 0.05) is 25.4 Å². The molecule has 9 heteroatoms. The lowest BCUT2D eigenvalue weighted by atomic mass is 9.70. The summed E-state index contributed by atoms with van der Waals surface area (Å²) in [6, 6.07) is 6.28. The van der Waals surface area contributed by atoms with E-state index in [1.165, 1.54) is 6.08 Å². The predicted molar refractivity (Wildman–Crippen MR) is 142 cm³/mol. The van der Waals surface area contributed by atoms with Crippen LogP contribution in [0.15, 0.2) is 49.6 Å². The lowest BCUT2D eigenvalue weighted by Crippen LogP contribution is -2.56. The first-order chi connectivity index (χ1) is 18.4. The van der Waals surface area contributed by atoms with Crippen LogP contribution in [0.25, 0.3) is 0 Å². The maximum absolute atomic E-state index is 14.4. The number of unbranched alkanes of at least 4 members (excludes halogenated alkanes) is 3. The van der Waals surface area contributed by atoms with Gasteiger partial charge >= 0.3 is 5.97 Å². The molecule has 0 aliphatic carbocycles. The van der Waals surface area contributed by atoms with Gasteiger partial charge in [0.05, 0.1) is 25.0 Å². The number of aliphatic hydroxyl groups is 1. The van der Waals surface area contributed by atoms with Crippen LogP contribution in [0, 0.1) is 11.8 Å².